The summed E-state index contributed by atoms with van der Waals surface area (Å²) in [5.41, 5.74) is 8.13. The highest BCUT2D eigenvalue weighted by molar-refractivity contribution is 7.90. The van der Waals surface area contributed by atoms with Crippen molar-refractivity contribution in [1.82, 2.24) is 9.97 Å². The molecule has 0 saturated carbocycles. The van der Waals surface area contributed by atoms with Gasteiger partial charge in [0.05, 0.1) is 33.5 Å². The van der Waals surface area contributed by atoms with Gasteiger partial charge in [-0.2, -0.15) is 0 Å². The zero-order chi connectivity index (χ0) is 18.9. The lowest BCUT2D eigenvalue weighted by Crippen LogP contribution is -2.14. The second-order valence-corrected chi connectivity index (χ2v) is 7.90. The summed E-state index contributed by atoms with van der Waals surface area (Å²) in [6.07, 6.45) is 6.37. The molecule has 2 aromatic heterocycles. The molecule has 3 N–H and O–H groups in total. The van der Waals surface area contributed by atoms with E-state index in [1.54, 1.807) is 30.6 Å². The number of fused-ring (bicyclic) bond motifs is 1. The van der Waals surface area contributed by atoms with Crippen LogP contribution in [0.2, 0.25) is 0 Å². The third-order valence-electron chi connectivity index (χ3n) is 4.03. The Kier molecular flexibility index (Phi) is 4.60. The normalized spacial score (nSPS) is 11.5. The molecular weight excluding hydrogens is 352 g/mol. The number of pyridine rings is 2. The second-order valence-electron chi connectivity index (χ2n) is 5.88. The van der Waals surface area contributed by atoms with Crippen LogP contribution in [-0.2, 0) is 16.3 Å². The van der Waals surface area contributed by atoms with Gasteiger partial charge in [-0.1, -0.05) is 6.92 Å². The standard InChI is InChI=1S/C18H18N4O3S/c1-3-11-7-13(26(2,24)25)8-14-16(11)21-10-15(18(19)23)17(14)22-12-5-4-6-20-9-12/h4-10H,3H2,1-2H3,(H2,19,23)(H,21,22). The topological polar surface area (TPSA) is 115 Å². The maximum Gasteiger partial charge on any atom is 0.252 e. The number of aryl methyl sites for hydroxylation is 1. The quantitative estimate of drug-likeness (QED) is 0.713. The van der Waals surface area contributed by atoms with E-state index in [1.807, 2.05) is 6.92 Å². The van der Waals surface area contributed by atoms with Crippen molar-refractivity contribution in [2.75, 3.05) is 11.6 Å². The molecule has 0 fully saturated rings. The molecule has 0 saturated heterocycles. The molecule has 0 aliphatic carbocycles. The highest BCUT2D eigenvalue weighted by atomic mass is 32.2. The largest absolute Gasteiger partial charge is 0.365 e. The lowest BCUT2D eigenvalue weighted by atomic mass is 10.0. The molecule has 0 aliphatic rings. The van der Waals surface area contributed by atoms with Gasteiger partial charge in [0.25, 0.3) is 5.91 Å². The first-order chi connectivity index (χ1) is 12.3. The number of sulfone groups is 1. The van der Waals surface area contributed by atoms with E-state index in [-0.39, 0.29) is 10.5 Å². The fraction of sp³-hybridized carbons (Fsp3) is 0.167. The smallest absolute Gasteiger partial charge is 0.252 e. The number of aromatic nitrogens is 2. The van der Waals surface area contributed by atoms with Crippen molar-refractivity contribution in [3.8, 4) is 0 Å². The monoisotopic (exact) mass is 370 g/mol. The third kappa shape index (κ3) is 3.36. The fourth-order valence-corrected chi connectivity index (χ4v) is 3.42. The average molecular weight is 370 g/mol. The molecule has 1 aromatic carbocycles. The predicted molar refractivity (Wildman–Crippen MR) is 100 cm³/mol. The number of hydrogen-bond acceptors (Lipinski definition) is 6. The molecule has 2 heterocycles. The second kappa shape index (κ2) is 6.72. The van der Waals surface area contributed by atoms with Crippen LogP contribution < -0.4 is 11.1 Å². The molecule has 0 atom stereocenters. The van der Waals surface area contributed by atoms with Crippen molar-refractivity contribution in [3.63, 3.8) is 0 Å². The van der Waals surface area contributed by atoms with Crippen molar-refractivity contribution in [1.29, 1.82) is 0 Å². The number of nitrogens with two attached hydrogens (primary N) is 1. The van der Waals surface area contributed by atoms with Crippen LogP contribution >= 0.6 is 0 Å². The minimum absolute atomic E-state index is 0.166. The van der Waals surface area contributed by atoms with E-state index >= 15 is 0 Å². The van der Waals surface area contributed by atoms with Crippen molar-refractivity contribution in [2.45, 2.75) is 18.2 Å². The molecule has 0 radical (unpaired) electrons. The van der Waals surface area contributed by atoms with Crippen LogP contribution in [0.15, 0.2) is 47.8 Å². The molecule has 26 heavy (non-hydrogen) atoms. The number of carbonyl (C=O) groups is 1. The van der Waals surface area contributed by atoms with E-state index in [0.717, 1.165) is 11.8 Å². The lowest BCUT2D eigenvalue weighted by Gasteiger charge is -2.15. The molecule has 8 heteroatoms. The molecule has 1 amide bonds. The summed E-state index contributed by atoms with van der Waals surface area (Å²) >= 11 is 0. The van der Waals surface area contributed by atoms with E-state index in [1.165, 1.54) is 12.3 Å². The third-order valence-corrected chi connectivity index (χ3v) is 5.12. The van der Waals surface area contributed by atoms with Crippen molar-refractivity contribution >= 4 is 38.0 Å². The van der Waals surface area contributed by atoms with Crippen LogP contribution in [0, 0.1) is 0 Å². The van der Waals surface area contributed by atoms with E-state index in [4.69, 9.17) is 5.73 Å². The van der Waals surface area contributed by atoms with Gasteiger partial charge in [0.15, 0.2) is 9.84 Å². The van der Waals surface area contributed by atoms with Gasteiger partial charge in [-0.15, -0.1) is 0 Å². The molecule has 0 bridgehead atoms. The van der Waals surface area contributed by atoms with Crippen molar-refractivity contribution in [2.24, 2.45) is 5.73 Å². The van der Waals surface area contributed by atoms with Crippen molar-refractivity contribution in [3.05, 3.63) is 54.0 Å². The van der Waals surface area contributed by atoms with Gasteiger partial charge in [-0.05, 0) is 36.2 Å². The summed E-state index contributed by atoms with van der Waals surface area (Å²) in [4.78, 5) is 20.4. The Morgan fingerprint density at radius 2 is 2.04 bits per heavy atom. The summed E-state index contributed by atoms with van der Waals surface area (Å²) in [5.74, 6) is -0.659. The summed E-state index contributed by atoms with van der Waals surface area (Å²) in [6, 6.07) is 6.66. The number of nitrogens with zero attached hydrogens (tertiary/aromatic N) is 2. The molecule has 0 aliphatic heterocycles. The van der Waals surface area contributed by atoms with Crippen molar-refractivity contribution < 1.29 is 13.2 Å². The molecular formula is C18H18N4O3S. The molecule has 0 unspecified atom stereocenters. The van der Waals surface area contributed by atoms with Gasteiger partial charge in [-0.3, -0.25) is 14.8 Å². The van der Waals surface area contributed by atoms with Gasteiger partial charge in [-0.25, -0.2) is 8.42 Å². The molecule has 134 valence electrons. The van der Waals surface area contributed by atoms with E-state index in [2.05, 4.69) is 15.3 Å². The number of nitrogens with one attached hydrogen (secondary N) is 1. The minimum Gasteiger partial charge on any atom is -0.365 e. The number of hydrogen-bond donors (Lipinski definition) is 2. The number of carbonyl (C=O) groups excluding carboxylic acids is 1. The summed E-state index contributed by atoms with van der Waals surface area (Å²) < 4.78 is 24.2. The summed E-state index contributed by atoms with van der Waals surface area (Å²) in [5, 5.41) is 3.65. The zero-order valence-electron chi connectivity index (χ0n) is 14.4. The molecule has 7 nitrogen and oxygen atoms in total. The number of anilines is 2. The van der Waals surface area contributed by atoms with Gasteiger partial charge in [0.1, 0.15) is 0 Å². The van der Waals surface area contributed by atoms with Crippen LogP contribution in [0.4, 0.5) is 11.4 Å². The van der Waals surface area contributed by atoms with E-state index < -0.39 is 15.7 Å². The van der Waals surface area contributed by atoms with Crippen LogP contribution in [0.3, 0.4) is 0 Å². The Hall–Kier alpha value is -3.00. The highest BCUT2D eigenvalue weighted by Gasteiger charge is 2.18. The van der Waals surface area contributed by atoms with E-state index in [0.29, 0.717) is 28.7 Å². The van der Waals surface area contributed by atoms with Gasteiger partial charge >= 0.3 is 0 Å². The Balaban J connectivity index is 2.37. The molecule has 3 rings (SSSR count). The summed E-state index contributed by atoms with van der Waals surface area (Å²) in [6.45, 7) is 1.92. The summed E-state index contributed by atoms with van der Waals surface area (Å²) in [7, 11) is -3.43. The predicted octanol–water partition coefficient (Wildman–Crippen LogP) is 2.44. The van der Waals surface area contributed by atoms with E-state index in [9.17, 15) is 13.2 Å². The first-order valence-electron chi connectivity index (χ1n) is 7.93. The van der Waals surface area contributed by atoms with Crippen LogP contribution in [0.5, 0.6) is 0 Å². The SMILES string of the molecule is CCc1cc(S(C)(=O)=O)cc2c(Nc3cccnc3)c(C(N)=O)cnc12. The minimum atomic E-state index is -3.43. The number of rotatable bonds is 5. The maximum atomic E-state index is 12.1. The molecule has 3 aromatic rings. The van der Waals surface area contributed by atoms with Crippen LogP contribution in [0.1, 0.15) is 22.8 Å². The van der Waals surface area contributed by atoms with Gasteiger partial charge in [0.2, 0.25) is 0 Å². The lowest BCUT2D eigenvalue weighted by molar-refractivity contribution is 0.100. The first-order valence-corrected chi connectivity index (χ1v) is 9.83. The Bertz CT molecular complexity index is 1100. The zero-order valence-corrected chi connectivity index (χ0v) is 15.2. The average Bonchev–Trinajstić information content (AvgIpc) is 2.60. The maximum absolute atomic E-state index is 12.1. The Morgan fingerprint density at radius 1 is 1.27 bits per heavy atom. The highest BCUT2D eigenvalue weighted by Crippen LogP contribution is 2.33. The first kappa shape index (κ1) is 17.8. The number of primary amides is 1. The number of benzene rings is 1. The number of amides is 1. The van der Waals surface area contributed by atoms with Crippen LogP contribution in [-0.4, -0.2) is 30.5 Å². The fourth-order valence-electron chi connectivity index (χ4n) is 2.73. The Labute approximate surface area is 151 Å². The molecule has 0 spiro atoms. The van der Waals surface area contributed by atoms with Crippen LogP contribution in [0.25, 0.3) is 10.9 Å². The van der Waals surface area contributed by atoms with Gasteiger partial charge in [0, 0.05) is 24.0 Å². The Morgan fingerprint density at radius 3 is 2.62 bits per heavy atom. The van der Waals surface area contributed by atoms with Gasteiger partial charge < -0.3 is 11.1 Å².